The van der Waals surface area contributed by atoms with Crippen molar-refractivity contribution in [3.05, 3.63) is 59.9 Å². The minimum absolute atomic E-state index is 0.0288. The lowest BCUT2D eigenvalue weighted by molar-refractivity contribution is -0.120. The van der Waals surface area contributed by atoms with Crippen molar-refractivity contribution >= 4 is 35.0 Å². The third-order valence-corrected chi connectivity index (χ3v) is 6.40. The molecule has 0 aromatic heterocycles. The first-order valence-corrected chi connectivity index (χ1v) is 11.2. The highest BCUT2D eigenvalue weighted by Crippen LogP contribution is 2.42. The number of halogens is 1. The van der Waals surface area contributed by atoms with E-state index in [2.05, 4.69) is 12.2 Å². The average molecular weight is 415 g/mol. The number of hydrogen-bond donors (Lipinski definition) is 1. The summed E-state index contributed by atoms with van der Waals surface area (Å²) in [6.45, 7) is 4.17. The maximum absolute atomic E-state index is 13.6. The lowest BCUT2D eigenvalue weighted by Crippen LogP contribution is -2.27. The normalized spacial score (nSPS) is 17.4. The number of nitrogens with zero attached hydrogens (tertiary/aromatic N) is 1. The second-order valence-corrected chi connectivity index (χ2v) is 8.33. The van der Waals surface area contributed by atoms with Gasteiger partial charge in [-0.1, -0.05) is 44.9 Å². The van der Waals surface area contributed by atoms with E-state index < -0.39 is 0 Å². The van der Waals surface area contributed by atoms with Crippen molar-refractivity contribution in [2.75, 3.05) is 16.0 Å². The summed E-state index contributed by atoms with van der Waals surface area (Å²) >= 11 is 1.52. The highest BCUT2D eigenvalue weighted by atomic mass is 32.2. The average Bonchev–Trinajstić information content (AvgIpc) is 3.10. The van der Waals surface area contributed by atoms with Crippen molar-refractivity contribution in [2.24, 2.45) is 5.92 Å². The van der Waals surface area contributed by atoms with Crippen LogP contribution in [0.15, 0.2) is 48.5 Å². The second-order valence-electron chi connectivity index (χ2n) is 7.27. The largest absolute Gasteiger partial charge is 0.326 e. The van der Waals surface area contributed by atoms with Crippen LogP contribution >= 0.6 is 11.8 Å². The molecular weight excluding hydrogens is 387 g/mol. The van der Waals surface area contributed by atoms with E-state index in [0.29, 0.717) is 11.4 Å². The third-order valence-electron chi connectivity index (χ3n) is 5.19. The smallest absolute Gasteiger partial charge is 0.238 e. The number of hydrogen-bond acceptors (Lipinski definition) is 3. The molecule has 29 heavy (non-hydrogen) atoms. The van der Waals surface area contributed by atoms with Crippen LogP contribution in [0.2, 0.25) is 0 Å². The Hall–Kier alpha value is -2.34. The van der Waals surface area contributed by atoms with E-state index in [-0.39, 0.29) is 28.9 Å². The quantitative estimate of drug-likeness (QED) is 0.597. The molecule has 0 bridgehead atoms. The Balaban J connectivity index is 1.72. The van der Waals surface area contributed by atoms with Gasteiger partial charge in [0, 0.05) is 17.3 Å². The molecule has 1 heterocycles. The maximum atomic E-state index is 13.6. The van der Waals surface area contributed by atoms with Gasteiger partial charge in [-0.05, 0) is 48.7 Å². The van der Waals surface area contributed by atoms with E-state index in [9.17, 15) is 14.0 Å². The third kappa shape index (κ3) is 5.18. The molecule has 2 amide bonds. The van der Waals surface area contributed by atoms with Crippen LogP contribution in [0.25, 0.3) is 0 Å². The van der Waals surface area contributed by atoms with Gasteiger partial charge in [0.2, 0.25) is 11.8 Å². The predicted octanol–water partition coefficient (Wildman–Crippen LogP) is 5.76. The molecule has 1 fully saturated rings. The van der Waals surface area contributed by atoms with E-state index in [1.54, 1.807) is 17.0 Å². The van der Waals surface area contributed by atoms with E-state index in [1.165, 1.54) is 23.9 Å². The molecule has 6 heteroatoms. The summed E-state index contributed by atoms with van der Waals surface area (Å²) in [5, 5.41) is 2.80. The Morgan fingerprint density at radius 1 is 1.24 bits per heavy atom. The van der Waals surface area contributed by atoms with Crippen molar-refractivity contribution in [1.29, 1.82) is 0 Å². The molecule has 2 atom stereocenters. The molecule has 3 rings (SSSR count). The van der Waals surface area contributed by atoms with Crippen LogP contribution in [-0.4, -0.2) is 17.6 Å². The Morgan fingerprint density at radius 2 is 2.00 bits per heavy atom. The summed E-state index contributed by atoms with van der Waals surface area (Å²) in [6, 6.07) is 13.7. The zero-order chi connectivity index (χ0) is 20.8. The van der Waals surface area contributed by atoms with Gasteiger partial charge < -0.3 is 5.32 Å². The zero-order valence-corrected chi connectivity index (χ0v) is 17.7. The van der Waals surface area contributed by atoms with Crippen molar-refractivity contribution in [1.82, 2.24) is 0 Å². The van der Waals surface area contributed by atoms with E-state index in [4.69, 9.17) is 0 Å². The number of rotatable bonds is 8. The monoisotopic (exact) mass is 414 g/mol. The molecule has 0 spiro atoms. The fourth-order valence-electron chi connectivity index (χ4n) is 3.52. The van der Waals surface area contributed by atoms with Crippen LogP contribution in [0.4, 0.5) is 15.8 Å². The molecule has 1 aliphatic rings. The lowest BCUT2D eigenvalue weighted by atomic mass is 9.98. The van der Waals surface area contributed by atoms with Gasteiger partial charge in [-0.2, -0.15) is 0 Å². The van der Waals surface area contributed by atoms with Crippen molar-refractivity contribution in [3.63, 3.8) is 0 Å². The summed E-state index contributed by atoms with van der Waals surface area (Å²) in [7, 11) is 0. The highest BCUT2D eigenvalue weighted by molar-refractivity contribution is 8.00. The molecule has 2 aromatic carbocycles. The van der Waals surface area contributed by atoms with E-state index in [1.807, 2.05) is 31.2 Å². The Morgan fingerprint density at radius 3 is 2.66 bits per heavy atom. The minimum Gasteiger partial charge on any atom is -0.326 e. The number of unbranched alkanes of at least 4 members (excludes halogenated alkanes) is 1. The Kier molecular flexibility index (Phi) is 7.31. The molecule has 1 saturated heterocycles. The van der Waals surface area contributed by atoms with Crippen LogP contribution in [0, 0.1) is 11.7 Å². The fraction of sp³-hybridized carbons (Fsp3) is 0.391. The zero-order valence-electron chi connectivity index (χ0n) is 16.9. The number of thioether (sulfide) groups is 1. The van der Waals surface area contributed by atoms with Crippen LogP contribution in [-0.2, 0) is 9.59 Å². The van der Waals surface area contributed by atoms with Crippen molar-refractivity contribution < 1.29 is 14.0 Å². The summed E-state index contributed by atoms with van der Waals surface area (Å²) < 4.78 is 13.6. The summed E-state index contributed by atoms with van der Waals surface area (Å²) in [5.41, 5.74) is 2.26. The van der Waals surface area contributed by atoms with Gasteiger partial charge in [0.1, 0.15) is 11.2 Å². The Bertz CT molecular complexity index is 856. The SMILES string of the molecule is CCCC[C@@H](CC)C(=O)Nc1ccc([C@H]2SCC(=O)N2c2cccc(F)c2)cc1. The molecule has 0 unspecified atom stereocenters. The van der Waals surface area contributed by atoms with Gasteiger partial charge in [0.05, 0.1) is 5.75 Å². The molecule has 2 aromatic rings. The maximum Gasteiger partial charge on any atom is 0.238 e. The van der Waals surface area contributed by atoms with Crippen molar-refractivity contribution in [3.8, 4) is 0 Å². The van der Waals surface area contributed by atoms with Gasteiger partial charge in [0.25, 0.3) is 0 Å². The van der Waals surface area contributed by atoms with Crippen molar-refractivity contribution in [2.45, 2.75) is 44.9 Å². The highest BCUT2D eigenvalue weighted by Gasteiger charge is 2.34. The van der Waals surface area contributed by atoms with Crippen LogP contribution in [0.1, 0.15) is 50.5 Å². The number of anilines is 2. The fourth-order valence-corrected chi connectivity index (χ4v) is 4.70. The summed E-state index contributed by atoms with van der Waals surface area (Å²) in [5.74, 6) is 0.0406. The minimum atomic E-state index is -0.363. The number of carbonyl (C=O) groups is 2. The first kappa shape index (κ1) is 21.4. The molecule has 154 valence electrons. The number of carbonyl (C=O) groups excluding carboxylic acids is 2. The molecule has 1 N–H and O–H groups in total. The summed E-state index contributed by atoms with van der Waals surface area (Å²) in [4.78, 5) is 26.5. The number of nitrogens with one attached hydrogen (secondary N) is 1. The van der Waals surface area contributed by atoms with Gasteiger partial charge in [-0.25, -0.2) is 4.39 Å². The summed E-state index contributed by atoms with van der Waals surface area (Å²) in [6.07, 6.45) is 3.86. The number of benzene rings is 2. The van der Waals surface area contributed by atoms with E-state index in [0.717, 1.165) is 36.9 Å². The Labute approximate surface area is 175 Å². The molecule has 0 aliphatic carbocycles. The van der Waals surface area contributed by atoms with Crippen LogP contribution in [0.5, 0.6) is 0 Å². The topological polar surface area (TPSA) is 49.4 Å². The standard InChI is InChI=1S/C23H27FN2O2S/c1-3-5-7-16(4-2)22(28)25-19-12-10-17(11-13-19)23-26(21(27)15-29-23)20-9-6-8-18(24)14-20/h6,8-14,16,23H,3-5,7,15H2,1-2H3,(H,25,28)/t16-,23-/m1/s1. The molecule has 0 radical (unpaired) electrons. The first-order chi connectivity index (χ1) is 14.0. The van der Waals surface area contributed by atoms with Crippen LogP contribution in [0.3, 0.4) is 0 Å². The lowest BCUT2D eigenvalue weighted by Gasteiger charge is -2.24. The second kappa shape index (κ2) is 9.92. The van der Waals surface area contributed by atoms with Gasteiger partial charge in [-0.3, -0.25) is 14.5 Å². The van der Waals surface area contributed by atoms with Crippen LogP contribution < -0.4 is 10.2 Å². The van der Waals surface area contributed by atoms with Gasteiger partial charge in [0.15, 0.2) is 0 Å². The molecule has 1 aliphatic heterocycles. The van der Waals surface area contributed by atoms with Gasteiger partial charge in [-0.15, -0.1) is 11.8 Å². The molecular formula is C23H27FN2O2S. The molecule has 4 nitrogen and oxygen atoms in total. The number of amides is 2. The predicted molar refractivity (Wildman–Crippen MR) is 117 cm³/mol. The molecule has 0 saturated carbocycles. The van der Waals surface area contributed by atoms with Gasteiger partial charge >= 0.3 is 0 Å². The van der Waals surface area contributed by atoms with E-state index >= 15 is 0 Å². The first-order valence-electron chi connectivity index (χ1n) is 10.1.